The van der Waals surface area contributed by atoms with Crippen LogP contribution in [0.25, 0.3) is 21.8 Å². The van der Waals surface area contributed by atoms with Gasteiger partial charge in [-0.3, -0.25) is 9.80 Å². The van der Waals surface area contributed by atoms with E-state index in [9.17, 15) is 15.3 Å². The zero-order chi connectivity index (χ0) is 28.4. The van der Waals surface area contributed by atoms with Crippen LogP contribution >= 0.6 is 35.3 Å². The number of benzene rings is 2. The molecule has 0 radical (unpaired) electrons. The summed E-state index contributed by atoms with van der Waals surface area (Å²) in [5.41, 5.74) is 3.22. The third-order valence-corrected chi connectivity index (χ3v) is 10.4. The molecule has 4 aromatic rings. The SMILES string of the molecule is Oc1cccc2ccc(CN3CCSCCCN(Cc4ccc5cccc(O)c5n4)CSCC(O)CSCC3)nc12. The summed E-state index contributed by atoms with van der Waals surface area (Å²) < 4.78 is 0. The van der Waals surface area contributed by atoms with E-state index in [1.807, 2.05) is 54.2 Å². The number of pyridine rings is 2. The van der Waals surface area contributed by atoms with Gasteiger partial charge in [-0.2, -0.15) is 23.5 Å². The lowest BCUT2D eigenvalue weighted by molar-refractivity contribution is 0.224. The van der Waals surface area contributed by atoms with Crippen molar-refractivity contribution in [1.29, 1.82) is 0 Å². The molecule has 1 unspecified atom stereocenters. The van der Waals surface area contributed by atoms with Gasteiger partial charge in [0.2, 0.25) is 0 Å². The lowest BCUT2D eigenvalue weighted by Crippen LogP contribution is -2.30. The molecule has 1 saturated heterocycles. The van der Waals surface area contributed by atoms with E-state index in [2.05, 4.69) is 15.9 Å². The third kappa shape index (κ3) is 8.89. The molecule has 41 heavy (non-hydrogen) atoms. The predicted molar refractivity (Wildman–Crippen MR) is 175 cm³/mol. The average molecular weight is 611 g/mol. The molecule has 10 heteroatoms. The second-order valence-corrected chi connectivity index (χ2v) is 13.7. The van der Waals surface area contributed by atoms with Crippen LogP contribution in [0.15, 0.2) is 60.7 Å². The van der Waals surface area contributed by atoms with Crippen molar-refractivity contribution in [2.24, 2.45) is 0 Å². The molecular weight excluding hydrogens is 573 g/mol. The molecule has 2 aromatic heterocycles. The summed E-state index contributed by atoms with van der Waals surface area (Å²) in [6, 6.07) is 19.2. The maximum absolute atomic E-state index is 10.6. The minimum atomic E-state index is -0.343. The number of phenols is 2. The van der Waals surface area contributed by atoms with Crippen molar-refractivity contribution in [3.63, 3.8) is 0 Å². The molecule has 0 aliphatic carbocycles. The number of aromatic hydroxyl groups is 2. The third-order valence-electron chi connectivity index (χ3n) is 7.05. The largest absolute Gasteiger partial charge is 0.506 e. The molecule has 3 heterocycles. The molecular formula is C31H38N4O3S3. The van der Waals surface area contributed by atoms with Gasteiger partial charge in [0.1, 0.15) is 22.5 Å². The van der Waals surface area contributed by atoms with Gasteiger partial charge in [0.05, 0.1) is 17.5 Å². The van der Waals surface area contributed by atoms with Crippen molar-refractivity contribution in [1.82, 2.24) is 19.8 Å². The number of hydrogen-bond donors (Lipinski definition) is 3. The monoisotopic (exact) mass is 610 g/mol. The van der Waals surface area contributed by atoms with E-state index in [-0.39, 0.29) is 17.6 Å². The highest BCUT2D eigenvalue weighted by molar-refractivity contribution is 8.00. The van der Waals surface area contributed by atoms with Crippen molar-refractivity contribution >= 4 is 57.1 Å². The van der Waals surface area contributed by atoms with Crippen LogP contribution in [0, 0.1) is 0 Å². The van der Waals surface area contributed by atoms with Gasteiger partial charge in [-0.05, 0) is 36.4 Å². The Hall–Kier alpha value is -2.21. The lowest BCUT2D eigenvalue weighted by atomic mass is 10.2. The number of phenolic OH excluding ortho intramolecular Hbond substituents is 2. The van der Waals surface area contributed by atoms with E-state index < -0.39 is 0 Å². The van der Waals surface area contributed by atoms with Crippen molar-refractivity contribution in [2.45, 2.75) is 25.6 Å². The minimum Gasteiger partial charge on any atom is -0.506 e. The van der Waals surface area contributed by atoms with Gasteiger partial charge in [-0.1, -0.05) is 36.4 Å². The maximum atomic E-state index is 10.6. The molecule has 1 aliphatic heterocycles. The zero-order valence-corrected chi connectivity index (χ0v) is 25.6. The normalized spacial score (nSPS) is 19.5. The van der Waals surface area contributed by atoms with E-state index in [0.717, 1.165) is 90.2 Å². The molecule has 1 atom stereocenters. The first-order valence-corrected chi connectivity index (χ1v) is 17.5. The number of aliphatic hydroxyl groups excluding tert-OH is 1. The van der Waals surface area contributed by atoms with Gasteiger partial charge in [0, 0.05) is 72.4 Å². The van der Waals surface area contributed by atoms with Gasteiger partial charge in [-0.25, -0.2) is 9.97 Å². The Morgan fingerprint density at radius 3 is 1.90 bits per heavy atom. The van der Waals surface area contributed by atoms with E-state index in [1.54, 1.807) is 35.7 Å². The average Bonchev–Trinajstić information content (AvgIpc) is 2.97. The molecule has 0 bridgehead atoms. The van der Waals surface area contributed by atoms with Gasteiger partial charge in [-0.15, -0.1) is 11.8 Å². The molecule has 0 amide bonds. The molecule has 1 aliphatic rings. The Labute approximate surface area is 254 Å². The fourth-order valence-electron chi connectivity index (χ4n) is 4.90. The highest BCUT2D eigenvalue weighted by atomic mass is 32.2. The number of para-hydroxylation sites is 2. The summed E-state index contributed by atoms with van der Waals surface area (Å²) in [7, 11) is 0. The van der Waals surface area contributed by atoms with Crippen LogP contribution in [0.5, 0.6) is 11.5 Å². The van der Waals surface area contributed by atoms with Crippen LogP contribution < -0.4 is 0 Å². The Bertz CT molecular complexity index is 1430. The van der Waals surface area contributed by atoms with Crippen LogP contribution in [0.2, 0.25) is 0 Å². The van der Waals surface area contributed by atoms with Crippen LogP contribution in [0.1, 0.15) is 17.8 Å². The number of nitrogens with zero attached hydrogens (tertiary/aromatic N) is 4. The summed E-state index contributed by atoms with van der Waals surface area (Å²) in [4.78, 5) is 14.3. The van der Waals surface area contributed by atoms with Crippen molar-refractivity contribution in [2.75, 3.05) is 54.3 Å². The first-order chi connectivity index (χ1) is 20.0. The Kier molecular flexibility index (Phi) is 11.3. The number of thioether (sulfide) groups is 3. The molecule has 0 spiro atoms. The smallest absolute Gasteiger partial charge is 0.141 e. The fraction of sp³-hybridized carbons (Fsp3) is 0.419. The highest BCUT2D eigenvalue weighted by Gasteiger charge is 2.14. The quantitative estimate of drug-likeness (QED) is 0.278. The summed E-state index contributed by atoms with van der Waals surface area (Å²) in [6.45, 7) is 4.33. The Morgan fingerprint density at radius 2 is 1.24 bits per heavy atom. The van der Waals surface area contributed by atoms with Crippen LogP contribution in [-0.4, -0.2) is 95.5 Å². The van der Waals surface area contributed by atoms with E-state index in [1.165, 1.54) is 0 Å². The number of hydrogen-bond acceptors (Lipinski definition) is 10. The van der Waals surface area contributed by atoms with Crippen molar-refractivity contribution in [3.8, 4) is 11.5 Å². The maximum Gasteiger partial charge on any atom is 0.141 e. The summed E-state index contributed by atoms with van der Waals surface area (Å²) in [5.74, 6) is 5.80. The summed E-state index contributed by atoms with van der Waals surface area (Å²) >= 11 is 5.57. The lowest BCUT2D eigenvalue weighted by Gasteiger charge is -2.24. The second kappa shape index (κ2) is 15.3. The molecule has 5 rings (SSSR count). The van der Waals surface area contributed by atoms with Gasteiger partial charge < -0.3 is 15.3 Å². The highest BCUT2D eigenvalue weighted by Crippen LogP contribution is 2.25. The van der Waals surface area contributed by atoms with Crippen LogP contribution in [0.4, 0.5) is 0 Å². The van der Waals surface area contributed by atoms with Gasteiger partial charge in [0.15, 0.2) is 0 Å². The number of aliphatic hydroxyl groups is 1. The van der Waals surface area contributed by atoms with Crippen molar-refractivity contribution in [3.05, 3.63) is 72.1 Å². The number of aromatic nitrogens is 2. The minimum absolute atomic E-state index is 0.215. The molecule has 218 valence electrons. The zero-order valence-electron chi connectivity index (χ0n) is 23.2. The summed E-state index contributed by atoms with van der Waals surface area (Å²) in [6.07, 6.45) is 0.734. The molecule has 1 fully saturated rings. The molecule has 7 nitrogen and oxygen atoms in total. The fourth-order valence-corrected chi connectivity index (χ4v) is 7.89. The number of fused-ring (bicyclic) bond motifs is 2. The molecule has 0 saturated carbocycles. The van der Waals surface area contributed by atoms with E-state index in [4.69, 9.17) is 9.97 Å². The van der Waals surface area contributed by atoms with E-state index in [0.29, 0.717) is 16.8 Å². The Balaban J connectivity index is 1.18. The second-order valence-electron chi connectivity index (χ2n) is 10.3. The Morgan fingerprint density at radius 1 is 0.659 bits per heavy atom. The summed E-state index contributed by atoms with van der Waals surface area (Å²) in [5, 5.41) is 33.0. The van der Waals surface area contributed by atoms with Gasteiger partial charge >= 0.3 is 0 Å². The van der Waals surface area contributed by atoms with Crippen molar-refractivity contribution < 1.29 is 15.3 Å². The first-order valence-electron chi connectivity index (χ1n) is 14.1. The van der Waals surface area contributed by atoms with Gasteiger partial charge in [0.25, 0.3) is 0 Å². The van der Waals surface area contributed by atoms with Crippen LogP contribution in [-0.2, 0) is 13.1 Å². The van der Waals surface area contributed by atoms with E-state index >= 15 is 0 Å². The molecule has 3 N–H and O–H groups in total. The molecule has 2 aromatic carbocycles. The predicted octanol–water partition coefficient (Wildman–Crippen LogP) is 5.42. The topological polar surface area (TPSA) is 93.0 Å². The first kappa shape index (κ1) is 30.3. The van der Waals surface area contributed by atoms with Crippen LogP contribution in [0.3, 0.4) is 0 Å². The number of rotatable bonds is 4. The standard InChI is InChI=1S/C31H38N4O3S3/c36-27-20-40-17-14-34(18-25-10-8-23-4-1-6-28(37)30(23)32-25)13-16-39-15-3-12-35(22-41-21-27)19-26-11-9-24-5-2-7-29(38)31(24)33-26/h1-2,4-11,27,36-38H,3,12-22H2.